The summed E-state index contributed by atoms with van der Waals surface area (Å²) in [5, 5.41) is 9.44. The summed E-state index contributed by atoms with van der Waals surface area (Å²) in [6.07, 6.45) is 3.58. The lowest BCUT2D eigenvalue weighted by molar-refractivity contribution is 0.694. The topological polar surface area (TPSA) is 67.7 Å². The Bertz CT molecular complexity index is 457. The van der Waals surface area contributed by atoms with Gasteiger partial charge >= 0.3 is 0 Å². The van der Waals surface area contributed by atoms with Crippen molar-refractivity contribution in [2.45, 2.75) is 13.0 Å². The van der Waals surface area contributed by atoms with Gasteiger partial charge in [0.1, 0.15) is 5.84 Å². The summed E-state index contributed by atoms with van der Waals surface area (Å²) in [7, 11) is 0. The molecule has 1 unspecified atom stereocenters. The van der Waals surface area contributed by atoms with Crippen LogP contribution in [0.2, 0.25) is 0 Å². The molecule has 4 nitrogen and oxygen atoms in total. The summed E-state index contributed by atoms with van der Waals surface area (Å²) < 4.78 is 1.91. The number of nitrogens with two attached hydrogens (primary N) is 1. The molecule has 2 aromatic heterocycles. The summed E-state index contributed by atoms with van der Waals surface area (Å²) >= 11 is 1.63. The van der Waals surface area contributed by atoms with Crippen molar-refractivity contribution in [1.29, 1.82) is 5.41 Å². The molecule has 1 atom stereocenters. The van der Waals surface area contributed by atoms with Crippen LogP contribution in [0.3, 0.4) is 0 Å². The van der Waals surface area contributed by atoms with Crippen molar-refractivity contribution in [3.05, 3.63) is 29.9 Å². The zero-order valence-corrected chi connectivity index (χ0v) is 9.16. The average molecular weight is 220 g/mol. The molecule has 0 aliphatic heterocycles. The van der Waals surface area contributed by atoms with Gasteiger partial charge in [0.15, 0.2) is 5.82 Å². The Hall–Kier alpha value is -1.62. The highest BCUT2D eigenvalue weighted by Crippen LogP contribution is 2.25. The molecule has 78 valence electrons. The fraction of sp³-hybridized carbons (Fsp3) is 0.200. The summed E-state index contributed by atoms with van der Waals surface area (Å²) in [5.41, 5.74) is 5.49. The Balaban J connectivity index is 2.43. The number of nitrogens with zero attached hydrogens (tertiary/aromatic N) is 2. The lowest BCUT2D eigenvalue weighted by Crippen LogP contribution is -2.23. The molecule has 0 saturated heterocycles. The van der Waals surface area contributed by atoms with Gasteiger partial charge in [-0.2, -0.15) is 0 Å². The van der Waals surface area contributed by atoms with E-state index >= 15 is 0 Å². The molecule has 2 aromatic rings. The van der Waals surface area contributed by atoms with E-state index in [2.05, 4.69) is 4.98 Å². The Kier molecular flexibility index (Phi) is 2.55. The van der Waals surface area contributed by atoms with Crippen LogP contribution in [-0.4, -0.2) is 15.4 Å². The standard InChI is InChI=1S/C10H12N4S/c1-7(9(11)12)14-5-4-13-10(14)8-3-2-6-15-8/h2-7H,1H3,(H3,11,12). The summed E-state index contributed by atoms with van der Waals surface area (Å²) in [6, 6.07) is 3.85. The quantitative estimate of drug-likeness (QED) is 0.614. The third-order valence-corrected chi connectivity index (χ3v) is 3.14. The number of amidine groups is 1. The molecule has 5 heteroatoms. The van der Waals surface area contributed by atoms with E-state index in [-0.39, 0.29) is 11.9 Å². The normalized spacial score (nSPS) is 12.6. The van der Waals surface area contributed by atoms with E-state index in [0.717, 1.165) is 10.7 Å². The van der Waals surface area contributed by atoms with Gasteiger partial charge in [-0.05, 0) is 18.4 Å². The van der Waals surface area contributed by atoms with E-state index in [1.807, 2.05) is 35.2 Å². The first-order valence-corrected chi connectivity index (χ1v) is 5.48. The fourth-order valence-corrected chi connectivity index (χ4v) is 2.10. The predicted octanol–water partition coefficient (Wildman–Crippen LogP) is 2.11. The van der Waals surface area contributed by atoms with Crippen LogP contribution in [0.4, 0.5) is 0 Å². The van der Waals surface area contributed by atoms with Crippen LogP contribution in [0.15, 0.2) is 29.9 Å². The van der Waals surface area contributed by atoms with E-state index in [4.69, 9.17) is 11.1 Å². The van der Waals surface area contributed by atoms with Crippen LogP contribution >= 0.6 is 11.3 Å². The molecule has 0 aromatic carbocycles. The molecule has 0 aliphatic rings. The van der Waals surface area contributed by atoms with Gasteiger partial charge in [-0.3, -0.25) is 5.41 Å². The van der Waals surface area contributed by atoms with Crippen molar-refractivity contribution in [2.75, 3.05) is 0 Å². The molecule has 0 fully saturated rings. The van der Waals surface area contributed by atoms with E-state index in [1.54, 1.807) is 17.5 Å². The molecular formula is C10H12N4S. The first-order chi connectivity index (χ1) is 7.20. The first kappa shape index (κ1) is 9.92. The van der Waals surface area contributed by atoms with Crippen molar-refractivity contribution in [1.82, 2.24) is 9.55 Å². The molecular weight excluding hydrogens is 208 g/mol. The number of imidazole rings is 1. The number of hydrogen-bond acceptors (Lipinski definition) is 3. The minimum atomic E-state index is -0.149. The Morgan fingerprint density at radius 2 is 2.47 bits per heavy atom. The molecule has 0 saturated carbocycles. The Morgan fingerprint density at radius 1 is 1.67 bits per heavy atom. The molecule has 0 aliphatic carbocycles. The zero-order valence-electron chi connectivity index (χ0n) is 8.34. The third-order valence-electron chi connectivity index (χ3n) is 2.28. The van der Waals surface area contributed by atoms with Gasteiger partial charge in [-0.25, -0.2) is 4.98 Å². The van der Waals surface area contributed by atoms with Crippen molar-refractivity contribution in [2.24, 2.45) is 5.73 Å². The van der Waals surface area contributed by atoms with Gasteiger partial charge < -0.3 is 10.3 Å². The van der Waals surface area contributed by atoms with E-state index in [0.29, 0.717) is 0 Å². The van der Waals surface area contributed by atoms with Crippen molar-refractivity contribution in [3.8, 4) is 10.7 Å². The lowest BCUT2D eigenvalue weighted by atomic mass is 10.3. The van der Waals surface area contributed by atoms with Crippen molar-refractivity contribution in [3.63, 3.8) is 0 Å². The Labute approximate surface area is 91.9 Å². The number of hydrogen-bond donors (Lipinski definition) is 2. The van der Waals surface area contributed by atoms with Crippen LogP contribution in [-0.2, 0) is 0 Å². The van der Waals surface area contributed by atoms with Crippen LogP contribution in [0.25, 0.3) is 10.7 Å². The van der Waals surface area contributed by atoms with Gasteiger partial charge in [0, 0.05) is 12.4 Å². The number of rotatable bonds is 3. The van der Waals surface area contributed by atoms with Crippen LogP contribution in [0.5, 0.6) is 0 Å². The molecule has 2 rings (SSSR count). The molecule has 0 spiro atoms. The second kappa shape index (κ2) is 3.86. The lowest BCUT2D eigenvalue weighted by Gasteiger charge is -2.13. The molecule has 0 bridgehead atoms. The van der Waals surface area contributed by atoms with E-state index in [1.165, 1.54) is 0 Å². The van der Waals surface area contributed by atoms with Gasteiger partial charge in [0.25, 0.3) is 0 Å². The molecule has 0 radical (unpaired) electrons. The van der Waals surface area contributed by atoms with E-state index < -0.39 is 0 Å². The van der Waals surface area contributed by atoms with Gasteiger partial charge in [0.2, 0.25) is 0 Å². The van der Waals surface area contributed by atoms with Crippen molar-refractivity contribution >= 4 is 17.2 Å². The molecule has 15 heavy (non-hydrogen) atoms. The Morgan fingerprint density at radius 3 is 3.07 bits per heavy atom. The maximum atomic E-state index is 7.43. The van der Waals surface area contributed by atoms with Gasteiger partial charge in [-0.15, -0.1) is 11.3 Å². The van der Waals surface area contributed by atoms with Gasteiger partial charge in [-0.1, -0.05) is 6.07 Å². The summed E-state index contributed by atoms with van der Waals surface area (Å²) in [4.78, 5) is 5.37. The number of thiophene rings is 1. The summed E-state index contributed by atoms with van der Waals surface area (Å²) in [6.45, 7) is 1.89. The smallest absolute Gasteiger partial charge is 0.150 e. The highest BCUT2D eigenvalue weighted by molar-refractivity contribution is 7.13. The minimum Gasteiger partial charge on any atom is -0.386 e. The first-order valence-electron chi connectivity index (χ1n) is 4.61. The highest BCUT2D eigenvalue weighted by atomic mass is 32.1. The number of nitrogens with one attached hydrogen (secondary N) is 1. The third kappa shape index (κ3) is 1.78. The second-order valence-electron chi connectivity index (χ2n) is 3.27. The average Bonchev–Trinajstić information content (AvgIpc) is 2.86. The van der Waals surface area contributed by atoms with Gasteiger partial charge in [0.05, 0.1) is 10.9 Å². The maximum Gasteiger partial charge on any atom is 0.150 e. The van der Waals surface area contributed by atoms with Crippen LogP contribution in [0.1, 0.15) is 13.0 Å². The minimum absolute atomic E-state index is 0.144. The van der Waals surface area contributed by atoms with Crippen molar-refractivity contribution < 1.29 is 0 Å². The SMILES string of the molecule is CC(C(=N)N)n1ccnc1-c1cccs1. The summed E-state index contributed by atoms with van der Waals surface area (Å²) in [5.74, 6) is 1.01. The molecule has 2 heterocycles. The largest absolute Gasteiger partial charge is 0.386 e. The second-order valence-corrected chi connectivity index (χ2v) is 4.21. The fourth-order valence-electron chi connectivity index (χ4n) is 1.37. The monoisotopic (exact) mass is 220 g/mol. The van der Waals surface area contributed by atoms with E-state index in [9.17, 15) is 0 Å². The maximum absolute atomic E-state index is 7.43. The van der Waals surface area contributed by atoms with Crippen LogP contribution in [0, 0.1) is 5.41 Å². The highest BCUT2D eigenvalue weighted by Gasteiger charge is 2.13. The van der Waals surface area contributed by atoms with Crippen LogP contribution < -0.4 is 5.73 Å². The predicted molar refractivity (Wildman–Crippen MR) is 62.2 cm³/mol. The zero-order chi connectivity index (χ0) is 10.8. The molecule has 0 amide bonds. The number of aromatic nitrogens is 2. The molecule has 3 N–H and O–H groups in total.